The zero-order valence-electron chi connectivity index (χ0n) is 14.3. The summed E-state index contributed by atoms with van der Waals surface area (Å²) in [6.45, 7) is 5.43. The molecule has 1 saturated heterocycles. The minimum Gasteiger partial charge on any atom is -0.348 e. The molecule has 0 spiro atoms. The van der Waals surface area contributed by atoms with Gasteiger partial charge in [-0.2, -0.15) is 0 Å². The van der Waals surface area contributed by atoms with Crippen LogP contribution in [0.15, 0.2) is 42.7 Å². The fraction of sp³-hybridized carbons (Fsp3) is 0.474. The second-order valence-corrected chi connectivity index (χ2v) is 6.47. The van der Waals surface area contributed by atoms with Crippen molar-refractivity contribution in [3.05, 3.63) is 54.1 Å². The van der Waals surface area contributed by atoms with Crippen molar-refractivity contribution in [3.63, 3.8) is 0 Å². The van der Waals surface area contributed by atoms with Gasteiger partial charge in [-0.05, 0) is 44.8 Å². The van der Waals surface area contributed by atoms with Crippen LogP contribution < -0.4 is 5.32 Å². The number of imidazole rings is 1. The third kappa shape index (κ3) is 4.45. The maximum absolute atomic E-state index is 12.4. The van der Waals surface area contributed by atoms with Crippen LogP contribution in [0.3, 0.4) is 0 Å². The summed E-state index contributed by atoms with van der Waals surface area (Å²) in [6.07, 6.45) is 7.07. The highest BCUT2D eigenvalue weighted by atomic mass is 16.2. The third-order valence-electron chi connectivity index (χ3n) is 4.69. The second kappa shape index (κ2) is 8.11. The van der Waals surface area contributed by atoms with E-state index >= 15 is 0 Å². The Balaban J connectivity index is 1.63. The van der Waals surface area contributed by atoms with Crippen LogP contribution in [0.25, 0.3) is 0 Å². The molecule has 24 heavy (non-hydrogen) atoms. The van der Waals surface area contributed by atoms with Crippen LogP contribution in [0.4, 0.5) is 0 Å². The number of rotatable bonds is 7. The van der Waals surface area contributed by atoms with E-state index in [4.69, 9.17) is 0 Å². The molecule has 5 nitrogen and oxygen atoms in total. The molecule has 1 fully saturated rings. The number of nitrogens with zero attached hydrogens (tertiary/aromatic N) is 3. The van der Waals surface area contributed by atoms with Crippen LogP contribution in [0.2, 0.25) is 0 Å². The zero-order valence-corrected chi connectivity index (χ0v) is 14.3. The van der Waals surface area contributed by atoms with E-state index in [2.05, 4.69) is 31.9 Å². The van der Waals surface area contributed by atoms with E-state index < -0.39 is 0 Å². The average molecular weight is 326 g/mol. The molecule has 0 radical (unpaired) electrons. The van der Waals surface area contributed by atoms with E-state index in [1.54, 1.807) is 0 Å². The molecule has 2 heterocycles. The Hall–Kier alpha value is -2.14. The minimum absolute atomic E-state index is 0.0307. The van der Waals surface area contributed by atoms with Gasteiger partial charge in [0.1, 0.15) is 5.82 Å². The highest BCUT2D eigenvalue weighted by Crippen LogP contribution is 2.18. The van der Waals surface area contributed by atoms with E-state index in [-0.39, 0.29) is 11.9 Å². The molecule has 1 unspecified atom stereocenters. The molecule has 1 amide bonds. The monoisotopic (exact) mass is 326 g/mol. The average Bonchev–Trinajstić information content (AvgIpc) is 3.24. The van der Waals surface area contributed by atoms with Crippen LogP contribution >= 0.6 is 0 Å². The van der Waals surface area contributed by atoms with Gasteiger partial charge in [-0.15, -0.1) is 0 Å². The van der Waals surface area contributed by atoms with Gasteiger partial charge in [0, 0.05) is 18.9 Å². The molecule has 0 bridgehead atoms. The first-order chi connectivity index (χ1) is 11.7. The number of carbonyl (C=O) groups excluding carboxylic acids is 1. The Kier molecular flexibility index (Phi) is 5.64. The lowest BCUT2D eigenvalue weighted by atomic mass is 10.0. The molecule has 1 aromatic heterocycles. The first kappa shape index (κ1) is 16.7. The molecule has 5 heteroatoms. The van der Waals surface area contributed by atoms with Crippen molar-refractivity contribution in [1.82, 2.24) is 19.8 Å². The molecule has 3 rings (SSSR count). The van der Waals surface area contributed by atoms with Gasteiger partial charge in [0.25, 0.3) is 0 Å². The van der Waals surface area contributed by atoms with Gasteiger partial charge in [0.15, 0.2) is 0 Å². The summed E-state index contributed by atoms with van der Waals surface area (Å²) < 4.78 is 2.13. The number of benzene rings is 1. The molecule has 1 aliphatic rings. The van der Waals surface area contributed by atoms with E-state index in [0.29, 0.717) is 6.54 Å². The van der Waals surface area contributed by atoms with Crippen molar-refractivity contribution < 1.29 is 4.79 Å². The summed E-state index contributed by atoms with van der Waals surface area (Å²) in [5.74, 6) is 1.12. The van der Waals surface area contributed by atoms with Crippen molar-refractivity contribution >= 4 is 5.91 Å². The molecular weight excluding hydrogens is 300 g/mol. The lowest BCUT2D eigenvalue weighted by molar-refractivity contribution is -0.122. The standard InChI is InChI=1S/C19H26N4O/c1-16-20-10-14-23(16)13-9-18(17-7-3-2-4-8-17)21-19(24)15-22-11-5-6-12-22/h2-4,7-8,10,14,18H,5-6,9,11-13,15H2,1H3,(H,21,24). The Morgan fingerprint density at radius 1 is 1.25 bits per heavy atom. The van der Waals surface area contributed by atoms with E-state index in [9.17, 15) is 4.79 Å². The van der Waals surface area contributed by atoms with Crippen molar-refractivity contribution in [3.8, 4) is 0 Å². The topological polar surface area (TPSA) is 50.2 Å². The molecule has 128 valence electrons. The van der Waals surface area contributed by atoms with Gasteiger partial charge >= 0.3 is 0 Å². The van der Waals surface area contributed by atoms with Gasteiger partial charge in [-0.3, -0.25) is 9.69 Å². The number of hydrogen-bond donors (Lipinski definition) is 1. The third-order valence-corrected chi connectivity index (χ3v) is 4.69. The largest absolute Gasteiger partial charge is 0.348 e. The second-order valence-electron chi connectivity index (χ2n) is 6.47. The summed E-state index contributed by atoms with van der Waals surface area (Å²) in [4.78, 5) is 18.9. The van der Waals surface area contributed by atoms with Crippen LogP contribution in [-0.2, 0) is 11.3 Å². The Morgan fingerprint density at radius 3 is 2.67 bits per heavy atom. The zero-order chi connectivity index (χ0) is 16.8. The maximum Gasteiger partial charge on any atom is 0.234 e. The maximum atomic E-state index is 12.4. The van der Waals surface area contributed by atoms with Gasteiger partial charge in [-0.25, -0.2) is 4.98 Å². The van der Waals surface area contributed by atoms with Crippen LogP contribution in [0.5, 0.6) is 0 Å². The van der Waals surface area contributed by atoms with Gasteiger partial charge in [0.05, 0.1) is 12.6 Å². The number of carbonyl (C=O) groups is 1. The molecule has 1 aromatic carbocycles. The first-order valence-corrected chi connectivity index (χ1v) is 8.77. The molecule has 0 aliphatic carbocycles. The highest BCUT2D eigenvalue weighted by molar-refractivity contribution is 5.78. The van der Waals surface area contributed by atoms with Crippen molar-refractivity contribution in [1.29, 1.82) is 0 Å². The summed E-state index contributed by atoms with van der Waals surface area (Å²) in [5, 5.41) is 3.23. The van der Waals surface area contributed by atoms with Crippen LogP contribution in [0.1, 0.15) is 36.7 Å². The molecule has 1 N–H and O–H groups in total. The number of aryl methyl sites for hydroxylation is 2. The van der Waals surface area contributed by atoms with Crippen molar-refractivity contribution in [2.45, 2.75) is 38.8 Å². The van der Waals surface area contributed by atoms with Crippen LogP contribution in [-0.4, -0.2) is 40.0 Å². The Morgan fingerprint density at radius 2 is 2.00 bits per heavy atom. The predicted molar refractivity (Wildman–Crippen MR) is 94.6 cm³/mol. The van der Waals surface area contributed by atoms with Crippen LogP contribution in [0, 0.1) is 6.92 Å². The van der Waals surface area contributed by atoms with Gasteiger partial charge in [0.2, 0.25) is 5.91 Å². The van der Waals surface area contributed by atoms with Crippen molar-refractivity contribution in [2.75, 3.05) is 19.6 Å². The number of aromatic nitrogens is 2. The smallest absolute Gasteiger partial charge is 0.234 e. The van der Waals surface area contributed by atoms with E-state index in [1.807, 2.05) is 37.5 Å². The van der Waals surface area contributed by atoms with Gasteiger partial charge < -0.3 is 9.88 Å². The van der Waals surface area contributed by atoms with E-state index in [1.165, 1.54) is 12.8 Å². The molecular formula is C19H26N4O. The molecule has 1 aliphatic heterocycles. The summed E-state index contributed by atoms with van der Waals surface area (Å²) in [5.41, 5.74) is 1.16. The number of likely N-dealkylation sites (tertiary alicyclic amines) is 1. The quantitative estimate of drug-likeness (QED) is 0.851. The predicted octanol–water partition coefficient (Wildman–Crippen LogP) is 2.53. The van der Waals surface area contributed by atoms with Gasteiger partial charge in [-0.1, -0.05) is 30.3 Å². The van der Waals surface area contributed by atoms with Crippen molar-refractivity contribution in [2.24, 2.45) is 0 Å². The number of nitrogens with one attached hydrogen (secondary N) is 1. The lowest BCUT2D eigenvalue weighted by Gasteiger charge is -2.22. The minimum atomic E-state index is 0.0307. The SMILES string of the molecule is Cc1nccn1CCC(NC(=O)CN1CCCC1)c1ccccc1. The lowest BCUT2D eigenvalue weighted by Crippen LogP contribution is -2.38. The molecule has 0 saturated carbocycles. The van der Waals surface area contributed by atoms with E-state index in [0.717, 1.165) is 37.4 Å². The normalized spacial score (nSPS) is 16.2. The first-order valence-electron chi connectivity index (χ1n) is 8.77. The Labute approximate surface area is 143 Å². The highest BCUT2D eigenvalue weighted by Gasteiger charge is 2.19. The summed E-state index contributed by atoms with van der Waals surface area (Å²) in [7, 11) is 0. The number of amides is 1. The molecule has 1 atom stereocenters. The fourth-order valence-electron chi connectivity index (χ4n) is 3.30. The summed E-state index contributed by atoms with van der Waals surface area (Å²) >= 11 is 0. The molecule has 2 aromatic rings. The number of hydrogen-bond acceptors (Lipinski definition) is 3. The Bertz CT molecular complexity index is 646. The summed E-state index contributed by atoms with van der Waals surface area (Å²) in [6, 6.07) is 10.3. The fourth-order valence-corrected chi connectivity index (χ4v) is 3.30.